The fourth-order valence-electron chi connectivity index (χ4n) is 4.70. The van der Waals surface area contributed by atoms with Crippen LogP contribution in [0.15, 0.2) is 97.3 Å². The monoisotopic (exact) mass is 437 g/mol. The number of rotatable bonds is 6. The first-order valence-corrected chi connectivity index (χ1v) is 11.2. The Labute approximate surface area is 193 Å². The van der Waals surface area contributed by atoms with Crippen LogP contribution < -0.4 is 4.74 Å². The largest absolute Gasteiger partial charge is 0.482 e. The Morgan fingerprint density at radius 1 is 0.909 bits per heavy atom. The number of hydrogen-bond donors (Lipinski definition) is 0. The molecule has 0 spiro atoms. The van der Waals surface area contributed by atoms with E-state index in [0.29, 0.717) is 5.75 Å². The van der Waals surface area contributed by atoms with E-state index in [9.17, 15) is 10.1 Å². The molecule has 5 nitrogen and oxygen atoms in total. The highest BCUT2D eigenvalue weighted by molar-refractivity contribution is 5.90. The zero-order chi connectivity index (χ0) is 22.6. The van der Waals surface area contributed by atoms with Gasteiger partial charge in [-0.1, -0.05) is 60.7 Å². The van der Waals surface area contributed by atoms with Gasteiger partial charge in [0, 0.05) is 24.6 Å². The molecule has 0 N–H and O–H groups in total. The Morgan fingerprint density at radius 2 is 1.67 bits per heavy atom. The van der Waals surface area contributed by atoms with Gasteiger partial charge in [-0.15, -0.1) is 0 Å². The van der Waals surface area contributed by atoms with E-state index in [1.54, 1.807) is 6.07 Å². The van der Waals surface area contributed by atoms with Crippen molar-refractivity contribution in [2.75, 3.05) is 0 Å². The van der Waals surface area contributed by atoms with Crippen LogP contribution in [-0.2, 0) is 19.4 Å². The van der Waals surface area contributed by atoms with Crippen LogP contribution >= 0.6 is 0 Å². The molecular formula is C28H25N2O3+. The zero-order valence-electron chi connectivity index (χ0n) is 18.3. The molecule has 2 aliphatic rings. The molecule has 1 atom stereocenters. The summed E-state index contributed by atoms with van der Waals surface area (Å²) in [6.07, 6.45) is 11.1. The number of benzene rings is 3. The lowest BCUT2D eigenvalue weighted by Gasteiger charge is -2.25. The maximum Gasteiger partial charge on any atom is 0.310 e. The number of nitrogens with zero attached hydrogens (tertiary/aromatic N) is 2. The van der Waals surface area contributed by atoms with Crippen molar-refractivity contribution in [2.24, 2.45) is 0 Å². The van der Waals surface area contributed by atoms with Crippen molar-refractivity contribution < 1.29 is 14.2 Å². The van der Waals surface area contributed by atoms with E-state index >= 15 is 0 Å². The molecule has 0 bridgehead atoms. The topological polar surface area (TPSA) is 55.4 Å². The first kappa shape index (κ1) is 20.9. The SMILES string of the molecule is O=[N+]([O-])c1ccc(CC2C(=[N+]3C=CC=C3)CCc3ccccc32)cc1OCc1ccccc1. The van der Waals surface area contributed by atoms with Crippen molar-refractivity contribution in [3.63, 3.8) is 0 Å². The lowest BCUT2D eigenvalue weighted by molar-refractivity contribution is -0.386. The first-order chi connectivity index (χ1) is 16.2. The van der Waals surface area contributed by atoms with Crippen LogP contribution in [0.2, 0.25) is 0 Å². The van der Waals surface area contributed by atoms with Gasteiger partial charge in [-0.2, -0.15) is 4.58 Å². The number of aryl methyl sites for hydroxylation is 1. The highest BCUT2D eigenvalue weighted by Crippen LogP contribution is 2.35. The molecule has 5 heteroatoms. The van der Waals surface area contributed by atoms with Crippen LogP contribution in [0.3, 0.4) is 0 Å². The van der Waals surface area contributed by atoms with E-state index in [4.69, 9.17) is 4.74 Å². The van der Waals surface area contributed by atoms with Gasteiger partial charge in [0.1, 0.15) is 6.61 Å². The molecule has 1 heterocycles. The molecule has 0 saturated carbocycles. The molecule has 0 aromatic heterocycles. The molecule has 5 rings (SSSR count). The molecule has 0 saturated heterocycles. The van der Waals surface area contributed by atoms with Crippen LogP contribution in [0.4, 0.5) is 5.69 Å². The van der Waals surface area contributed by atoms with E-state index < -0.39 is 0 Å². The molecule has 1 aliphatic carbocycles. The Hall–Kier alpha value is -3.99. The van der Waals surface area contributed by atoms with E-state index in [0.717, 1.165) is 30.4 Å². The van der Waals surface area contributed by atoms with E-state index in [1.165, 1.54) is 16.8 Å². The van der Waals surface area contributed by atoms with Crippen molar-refractivity contribution >= 4 is 11.4 Å². The number of hydrogen-bond acceptors (Lipinski definition) is 3. The summed E-state index contributed by atoms with van der Waals surface area (Å²) in [7, 11) is 0. The third kappa shape index (κ3) is 4.48. The summed E-state index contributed by atoms with van der Waals surface area (Å²) in [5.74, 6) is 0.513. The molecule has 3 aromatic carbocycles. The van der Waals surface area contributed by atoms with Gasteiger partial charge in [-0.05, 0) is 41.2 Å². The van der Waals surface area contributed by atoms with Crippen molar-refractivity contribution in [1.82, 2.24) is 0 Å². The maximum atomic E-state index is 11.6. The lowest BCUT2D eigenvalue weighted by atomic mass is 9.78. The van der Waals surface area contributed by atoms with Gasteiger partial charge in [0.2, 0.25) is 0 Å². The average molecular weight is 438 g/mol. The third-order valence-corrected chi connectivity index (χ3v) is 6.32. The van der Waals surface area contributed by atoms with E-state index in [2.05, 4.69) is 41.2 Å². The summed E-state index contributed by atoms with van der Waals surface area (Å²) in [4.78, 5) is 11.2. The summed E-state index contributed by atoms with van der Waals surface area (Å²) in [5.41, 5.74) is 6.05. The fraction of sp³-hybridized carbons (Fsp3) is 0.179. The van der Waals surface area contributed by atoms with E-state index in [-0.39, 0.29) is 23.1 Å². The minimum atomic E-state index is -0.378. The van der Waals surface area contributed by atoms with Crippen molar-refractivity contribution in [2.45, 2.75) is 31.8 Å². The van der Waals surface area contributed by atoms with Crippen LogP contribution in [0.1, 0.15) is 34.6 Å². The third-order valence-electron chi connectivity index (χ3n) is 6.32. The van der Waals surface area contributed by atoms with Crippen molar-refractivity contribution in [3.8, 4) is 5.75 Å². The summed E-state index contributed by atoms with van der Waals surface area (Å²) in [5, 5.41) is 11.6. The van der Waals surface area contributed by atoms with Crippen LogP contribution in [0.25, 0.3) is 0 Å². The van der Waals surface area contributed by atoms with Crippen LogP contribution in [0.5, 0.6) is 5.75 Å². The fourth-order valence-corrected chi connectivity index (χ4v) is 4.70. The number of allylic oxidation sites excluding steroid dienone is 2. The molecule has 1 aliphatic heterocycles. The van der Waals surface area contributed by atoms with Crippen LogP contribution in [-0.4, -0.2) is 15.2 Å². The molecular weight excluding hydrogens is 412 g/mol. The number of fused-ring (bicyclic) bond motifs is 1. The van der Waals surface area contributed by atoms with Crippen molar-refractivity contribution in [3.05, 3.63) is 130 Å². The highest BCUT2D eigenvalue weighted by atomic mass is 16.6. The smallest absolute Gasteiger partial charge is 0.310 e. The minimum Gasteiger partial charge on any atom is -0.482 e. The second-order valence-electron chi connectivity index (χ2n) is 8.37. The van der Waals surface area contributed by atoms with Gasteiger partial charge in [-0.3, -0.25) is 10.1 Å². The van der Waals surface area contributed by atoms with Gasteiger partial charge in [-0.25, -0.2) is 0 Å². The standard InChI is InChI=1S/C28H25N2O3/c31-30(32)27-14-12-22(19-28(27)33-20-21-8-2-1-3-9-21)18-25-24-11-5-4-10-23(24)13-15-26(25)29-16-6-7-17-29/h1-12,14,16-17,19,25H,13,15,18,20H2/q+1. The highest BCUT2D eigenvalue weighted by Gasteiger charge is 2.32. The number of ether oxygens (including phenoxy) is 1. The molecule has 164 valence electrons. The Balaban J connectivity index is 1.48. The van der Waals surface area contributed by atoms with Gasteiger partial charge in [0.15, 0.2) is 23.9 Å². The average Bonchev–Trinajstić information content (AvgIpc) is 3.38. The molecule has 0 fully saturated rings. The normalized spacial score (nSPS) is 16.7. The van der Waals surface area contributed by atoms with Gasteiger partial charge >= 0.3 is 5.69 Å². The van der Waals surface area contributed by atoms with E-state index in [1.807, 2.05) is 54.6 Å². The molecule has 33 heavy (non-hydrogen) atoms. The minimum absolute atomic E-state index is 0.00617. The van der Waals surface area contributed by atoms with Crippen LogP contribution in [0, 0.1) is 10.1 Å². The Bertz CT molecular complexity index is 1260. The summed E-state index contributed by atoms with van der Waals surface area (Å²) in [6.45, 7) is 0.290. The summed E-state index contributed by atoms with van der Waals surface area (Å²) < 4.78 is 8.15. The Morgan fingerprint density at radius 3 is 2.45 bits per heavy atom. The zero-order valence-corrected chi connectivity index (χ0v) is 18.3. The summed E-state index contributed by atoms with van der Waals surface area (Å²) >= 11 is 0. The predicted molar refractivity (Wildman–Crippen MR) is 129 cm³/mol. The quantitative estimate of drug-likeness (QED) is 0.272. The molecule has 0 amide bonds. The van der Waals surface area contributed by atoms with Gasteiger partial charge < -0.3 is 4.74 Å². The van der Waals surface area contributed by atoms with Crippen molar-refractivity contribution in [1.29, 1.82) is 0 Å². The van der Waals surface area contributed by atoms with Gasteiger partial charge in [0.25, 0.3) is 0 Å². The molecule has 1 unspecified atom stereocenters. The molecule has 0 radical (unpaired) electrons. The lowest BCUT2D eigenvalue weighted by Crippen LogP contribution is -2.27. The maximum absolute atomic E-state index is 11.6. The molecule has 3 aromatic rings. The Kier molecular flexibility index (Phi) is 5.85. The first-order valence-electron chi connectivity index (χ1n) is 11.2. The van der Waals surface area contributed by atoms with Gasteiger partial charge in [0.05, 0.1) is 10.8 Å². The second-order valence-corrected chi connectivity index (χ2v) is 8.37. The number of nitro groups is 1. The predicted octanol–water partition coefficient (Wildman–Crippen LogP) is 5.94. The summed E-state index contributed by atoms with van der Waals surface area (Å²) in [6, 6.07) is 23.6. The number of nitro benzene ring substituents is 1. The second kappa shape index (κ2) is 9.25.